The number of nitrogens with one attached hydrogen (secondary N) is 3. The van der Waals surface area contributed by atoms with Gasteiger partial charge >= 0.3 is 12.0 Å². The molecule has 7 heteroatoms. The minimum Gasteiger partial charge on any atom is -0.460 e. The Morgan fingerprint density at radius 3 is 2.56 bits per heavy atom. The molecule has 2 aromatic carbocycles. The van der Waals surface area contributed by atoms with Crippen molar-refractivity contribution in [3.8, 4) is 0 Å². The van der Waals surface area contributed by atoms with Gasteiger partial charge in [0.2, 0.25) is 0 Å². The first-order valence-corrected chi connectivity index (χ1v) is 8.01. The van der Waals surface area contributed by atoms with E-state index in [4.69, 9.17) is 21.7 Å². The molecule has 25 heavy (non-hydrogen) atoms. The highest BCUT2D eigenvalue weighted by Crippen LogP contribution is 2.32. The highest BCUT2D eigenvalue weighted by molar-refractivity contribution is 6.39. The zero-order valence-corrected chi connectivity index (χ0v) is 14.2. The number of anilines is 2. The summed E-state index contributed by atoms with van der Waals surface area (Å²) in [6.45, 7) is 2.04. The van der Waals surface area contributed by atoms with E-state index in [-0.39, 0.29) is 12.3 Å². The number of ether oxygens (including phenoxy) is 1. The average molecular weight is 358 g/mol. The summed E-state index contributed by atoms with van der Waals surface area (Å²) in [5, 5.41) is 13.7. The molecule has 1 aliphatic rings. The van der Waals surface area contributed by atoms with Gasteiger partial charge < -0.3 is 15.4 Å². The quantitative estimate of drug-likeness (QED) is 0.726. The smallest absolute Gasteiger partial charge is 0.352 e. The molecule has 128 valence electrons. The number of rotatable bonds is 3. The van der Waals surface area contributed by atoms with E-state index in [1.54, 1.807) is 30.3 Å². The van der Waals surface area contributed by atoms with Crippen LogP contribution in [0.25, 0.3) is 0 Å². The van der Waals surface area contributed by atoms with Gasteiger partial charge in [0.15, 0.2) is 0 Å². The van der Waals surface area contributed by atoms with Crippen molar-refractivity contribution in [3.63, 3.8) is 0 Å². The van der Waals surface area contributed by atoms with Gasteiger partial charge in [-0.25, -0.2) is 9.59 Å². The number of amides is 2. The molecule has 2 aromatic rings. The van der Waals surface area contributed by atoms with Crippen LogP contribution in [0.2, 0.25) is 5.02 Å². The first-order valence-electron chi connectivity index (χ1n) is 7.64. The lowest BCUT2D eigenvalue weighted by Gasteiger charge is -2.15. The number of hydrogen-bond acceptors (Lipinski definition) is 4. The van der Waals surface area contributed by atoms with Crippen molar-refractivity contribution < 1.29 is 14.3 Å². The molecule has 1 heterocycles. The molecule has 0 aromatic heterocycles. The van der Waals surface area contributed by atoms with Gasteiger partial charge in [0, 0.05) is 16.4 Å². The number of hydrogen-bond donors (Lipinski definition) is 3. The van der Waals surface area contributed by atoms with E-state index in [1.807, 2.05) is 19.1 Å². The van der Waals surface area contributed by atoms with Crippen LogP contribution in [0.5, 0.6) is 0 Å². The third-order valence-electron chi connectivity index (χ3n) is 3.90. The Morgan fingerprint density at radius 2 is 1.92 bits per heavy atom. The molecule has 0 saturated carbocycles. The van der Waals surface area contributed by atoms with Gasteiger partial charge in [-0.3, -0.25) is 5.41 Å². The van der Waals surface area contributed by atoms with Gasteiger partial charge in [-0.05, 0) is 36.8 Å². The maximum Gasteiger partial charge on any atom is 0.352 e. The van der Waals surface area contributed by atoms with Crippen molar-refractivity contribution in [3.05, 3.63) is 58.6 Å². The molecular formula is C18H16ClN3O3. The topological polar surface area (TPSA) is 91.3 Å². The Labute approximate surface area is 149 Å². The highest BCUT2D eigenvalue weighted by Gasteiger charge is 2.33. The van der Waals surface area contributed by atoms with Crippen LogP contribution in [0.4, 0.5) is 16.2 Å². The molecule has 1 saturated heterocycles. The highest BCUT2D eigenvalue weighted by atomic mass is 35.5. The van der Waals surface area contributed by atoms with Gasteiger partial charge in [-0.1, -0.05) is 35.4 Å². The summed E-state index contributed by atoms with van der Waals surface area (Å²) in [5.74, 6) is -1.17. The summed E-state index contributed by atoms with van der Waals surface area (Å²) in [5.41, 5.74) is 2.65. The molecule has 0 unspecified atom stereocenters. The fourth-order valence-electron chi connectivity index (χ4n) is 2.57. The van der Waals surface area contributed by atoms with E-state index in [0.29, 0.717) is 22.0 Å². The molecule has 0 radical (unpaired) electrons. The lowest BCUT2D eigenvalue weighted by molar-refractivity contribution is -0.132. The van der Waals surface area contributed by atoms with Crippen LogP contribution in [-0.2, 0) is 9.53 Å². The van der Waals surface area contributed by atoms with Gasteiger partial charge in [-0.2, -0.15) is 0 Å². The van der Waals surface area contributed by atoms with Crippen molar-refractivity contribution >= 4 is 40.7 Å². The molecule has 1 atom stereocenters. The number of aryl methyl sites for hydroxylation is 1. The zero-order chi connectivity index (χ0) is 18.0. The Balaban J connectivity index is 1.80. The molecule has 3 N–H and O–H groups in total. The van der Waals surface area contributed by atoms with E-state index >= 15 is 0 Å². The number of carbonyl (C=O) groups is 2. The number of cyclic esters (lactones) is 1. The van der Waals surface area contributed by atoms with Crippen LogP contribution in [0.3, 0.4) is 0 Å². The van der Waals surface area contributed by atoms with Crippen LogP contribution in [0.15, 0.2) is 42.5 Å². The van der Waals surface area contributed by atoms with Crippen molar-refractivity contribution in [2.45, 2.75) is 12.8 Å². The number of urea groups is 1. The third kappa shape index (κ3) is 3.80. The maximum absolute atomic E-state index is 12.3. The minimum atomic E-state index is -0.644. The maximum atomic E-state index is 12.3. The summed E-state index contributed by atoms with van der Waals surface area (Å²) < 4.78 is 4.90. The second kappa shape index (κ2) is 6.94. The lowest BCUT2D eigenvalue weighted by Crippen LogP contribution is -2.22. The summed E-state index contributed by atoms with van der Waals surface area (Å²) in [6.07, 6.45) is 0. The summed E-state index contributed by atoms with van der Waals surface area (Å²) in [4.78, 5) is 23.7. The fraction of sp³-hybridized carbons (Fsp3) is 0.167. The fourth-order valence-corrected chi connectivity index (χ4v) is 2.74. The van der Waals surface area contributed by atoms with Crippen LogP contribution < -0.4 is 10.6 Å². The minimum absolute atomic E-state index is 0.0769. The number of carbonyl (C=O) groups excluding carboxylic acids is 2. The van der Waals surface area contributed by atoms with E-state index < -0.39 is 17.9 Å². The summed E-state index contributed by atoms with van der Waals surface area (Å²) >= 11 is 6.03. The Morgan fingerprint density at radius 1 is 1.20 bits per heavy atom. The van der Waals surface area contributed by atoms with Gasteiger partial charge in [0.1, 0.15) is 12.3 Å². The molecule has 2 amide bonds. The monoisotopic (exact) mass is 357 g/mol. The number of benzene rings is 2. The summed E-state index contributed by atoms with van der Waals surface area (Å²) in [6, 6.07) is 11.9. The molecule has 1 fully saturated rings. The van der Waals surface area contributed by atoms with Crippen molar-refractivity contribution in [1.29, 1.82) is 5.41 Å². The van der Waals surface area contributed by atoms with Crippen LogP contribution >= 0.6 is 11.6 Å². The van der Waals surface area contributed by atoms with Crippen LogP contribution in [-0.4, -0.2) is 24.3 Å². The van der Waals surface area contributed by atoms with E-state index in [2.05, 4.69) is 10.6 Å². The molecule has 0 bridgehead atoms. The van der Waals surface area contributed by atoms with E-state index in [0.717, 1.165) is 5.56 Å². The van der Waals surface area contributed by atoms with E-state index in [1.165, 1.54) is 0 Å². The standard InChI is InChI=1S/C18H16ClN3O3/c1-10-2-5-12(6-3-10)21-18(24)22-15-8-11(19)4-7-13(15)14-9-25-17(23)16(14)20/h2-8,14,20H,9H2,1H3,(H2,21,22,24)/t14-/m0/s1. The van der Waals surface area contributed by atoms with Crippen molar-refractivity contribution in [2.75, 3.05) is 17.2 Å². The number of halogens is 1. The van der Waals surface area contributed by atoms with Crippen molar-refractivity contribution in [1.82, 2.24) is 0 Å². The predicted molar refractivity (Wildman–Crippen MR) is 96.7 cm³/mol. The van der Waals surface area contributed by atoms with Gasteiger partial charge in [0.05, 0.1) is 5.92 Å². The second-order valence-electron chi connectivity index (χ2n) is 5.74. The van der Waals surface area contributed by atoms with E-state index in [9.17, 15) is 9.59 Å². The molecule has 6 nitrogen and oxygen atoms in total. The Kier molecular flexibility index (Phi) is 4.72. The Bertz CT molecular complexity index is 849. The van der Waals surface area contributed by atoms with Crippen molar-refractivity contribution in [2.24, 2.45) is 0 Å². The van der Waals surface area contributed by atoms with Gasteiger partial charge in [-0.15, -0.1) is 0 Å². The number of esters is 1. The normalized spacial score (nSPS) is 16.5. The molecule has 1 aliphatic heterocycles. The van der Waals surface area contributed by atoms with Crippen LogP contribution in [0, 0.1) is 12.3 Å². The lowest BCUT2D eigenvalue weighted by atomic mass is 9.95. The summed E-state index contributed by atoms with van der Waals surface area (Å²) in [7, 11) is 0. The molecule has 0 aliphatic carbocycles. The second-order valence-corrected chi connectivity index (χ2v) is 6.18. The molecule has 3 rings (SSSR count). The average Bonchev–Trinajstić information content (AvgIpc) is 2.89. The molecule has 0 spiro atoms. The first-order chi connectivity index (χ1) is 11.9. The van der Waals surface area contributed by atoms with Crippen LogP contribution in [0.1, 0.15) is 17.0 Å². The Hall–Kier alpha value is -2.86. The largest absolute Gasteiger partial charge is 0.460 e. The predicted octanol–water partition coefficient (Wildman–Crippen LogP) is 3.95. The first kappa shape index (κ1) is 17.0. The zero-order valence-electron chi connectivity index (χ0n) is 13.4. The third-order valence-corrected chi connectivity index (χ3v) is 4.13. The SMILES string of the molecule is Cc1ccc(NC(=O)Nc2cc(Cl)ccc2[C@@H]2COC(=O)C2=N)cc1. The molecular weight excluding hydrogens is 342 g/mol. The van der Waals surface area contributed by atoms with Gasteiger partial charge in [0.25, 0.3) is 0 Å².